The maximum absolute atomic E-state index is 12.2. The lowest BCUT2D eigenvalue weighted by Gasteiger charge is -2.12. The lowest BCUT2D eigenvalue weighted by molar-refractivity contribution is -0.114. The van der Waals surface area contributed by atoms with Crippen molar-refractivity contribution < 1.29 is 14.3 Å². The van der Waals surface area contributed by atoms with Crippen molar-refractivity contribution in [3.63, 3.8) is 0 Å². The minimum Gasteiger partial charge on any atom is -0.489 e. The molecular weight excluding hydrogens is 364 g/mol. The van der Waals surface area contributed by atoms with Crippen LogP contribution in [0.1, 0.15) is 5.56 Å². The Kier molecular flexibility index (Phi) is 7.29. The number of carbonyl (C=O) groups is 1. The highest BCUT2D eigenvalue weighted by Crippen LogP contribution is 2.23. The highest BCUT2D eigenvalue weighted by atomic mass is 16.5. The average Bonchev–Trinajstić information content (AvgIpc) is 2.77. The molecule has 0 radical (unpaired) electrons. The molecule has 1 amide bonds. The van der Waals surface area contributed by atoms with Crippen LogP contribution in [0.5, 0.6) is 11.5 Å². The van der Waals surface area contributed by atoms with Gasteiger partial charge in [-0.25, -0.2) is 0 Å². The van der Waals surface area contributed by atoms with Gasteiger partial charge in [-0.05, 0) is 42.0 Å². The predicted molar refractivity (Wildman–Crippen MR) is 116 cm³/mol. The summed E-state index contributed by atoms with van der Waals surface area (Å²) in [5.41, 5.74) is 2.57. The molecule has 5 heteroatoms. The van der Waals surface area contributed by atoms with Gasteiger partial charge in [0.05, 0.1) is 12.2 Å². The molecule has 0 heterocycles. The van der Waals surface area contributed by atoms with Crippen LogP contribution in [0.15, 0.2) is 91.5 Å². The van der Waals surface area contributed by atoms with Crippen molar-refractivity contribution in [2.75, 3.05) is 23.8 Å². The molecule has 5 nitrogen and oxygen atoms in total. The van der Waals surface area contributed by atoms with Gasteiger partial charge in [-0.2, -0.15) is 0 Å². The predicted octanol–water partition coefficient (Wildman–Crippen LogP) is 4.88. The van der Waals surface area contributed by atoms with E-state index in [0.29, 0.717) is 24.7 Å². The zero-order chi connectivity index (χ0) is 20.3. The Balaban J connectivity index is 1.48. The number of amides is 1. The molecule has 0 aliphatic heterocycles. The summed E-state index contributed by atoms with van der Waals surface area (Å²) in [6, 6.07) is 24.8. The maximum Gasteiger partial charge on any atom is 0.243 e. The monoisotopic (exact) mass is 388 g/mol. The molecular formula is C24H24N2O3. The molecule has 3 aromatic rings. The van der Waals surface area contributed by atoms with Gasteiger partial charge in [0.1, 0.15) is 24.7 Å². The van der Waals surface area contributed by atoms with E-state index in [4.69, 9.17) is 9.47 Å². The van der Waals surface area contributed by atoms with Gasteiger partial charge in [0.25, 0.3) is 0 Å². The summed E-state index contributed by atoms with van der Waals surface area (Å²) in [6.45, 7) is 4.68. The molecule has 2 N–H and O–H groups in total. The van der Waals surface area contributed by atoms with Gasteiger partial charge in [0, 0.05) is 5.69 Å². The van der Waals surface area contributed by atoms with E-state index >= 15 is 0 Å². The molecule has 0 saturated heterocycles. The molecule has 0 unspecified atom stereocenters. The largest absolute Gasteiger partial charge is 0.489 e. The van der Waals surface area contributed by atoms with E-state index in [9.17, 15) is 4.79 Å². The highest BCUT2D eigenvalue weighted by Gasteiger charge is 2.06. The van der Waals surface area contributed by atoms with Gasteiger partial charge in [0.15, 0.2) is 0 Å². The lowest BCUT2D eigenvalue weighted by atomic mass is 10.2. The molecule has 0 aliphatic carbocycles. The first kappa shape index (κ1) is 20.0. The van der Waals surface area contributed by atoms with Crippen molar-refractivity contribution in [3.8, 4) is 11.5 Å². The minimum absolute atomic E-state index is 0.126. The van der Waals surface area contributed by atoms with Crippen LogP contribution in [0.2, 0.25) is 0 Å². The molecule has 0 bridgehead atoms. The van der Waals surface area contributed by atoms with Crippen LogP contribution in [-0.2, 0) is 11.4 Å². The molecule has 0 saturated carbocycles. The van der Waals surface area contributed by atoms with E-state index in [0.717, 1.165) is 17.0 Å². The number of para-hydroxylation sites is 2. The van der Waals surface area contributed by atoms with Gasteiger partial charge in [0.2, 0.25) is 5.91 Å². The summed E-state index contributed by atoms with van der Waals surface area (Å²) in [5.74, 6) is 1.28. The van der Waals surface area contributed by atoms with Gasteiger partial charge >= 0.3 is 0 Å². The number of nitrogens with one attached hydrogen (secondary N) is 2. The molecule has 0 atom stereocenters. The Labute approximate surface area is 171 Å². The van der Waals surface area contributed by atoms with Gasteiger partial charge in [-0.15, -0.1) is 0 Å². The number of rotatable bonds is 10. The van der Waals surface area contributed by atoms with Crippen LogP contribution < -0.4 is 20.1 Å². The third-order valence-corrected chi connectivity index (χ3v) is 4.07. The Morgan fingerprint density at radius 3 is 2.38 bits per heavy atom. The lowest BCUT2D eigenvalue weighted by Crippen LogP contribution is -2.22. The van der Waals surface area contributed by atoms with Crippen molar-refractivity contribution in [3.05, 3.63) is 97.1 Å². The second kappa shape index (κ2) is 10.6. The van der Waals surface area contributed by atoms with Crippen LogP contribution in [-0.4, -0.2) is 19.1 Å². The van der Waals surface area contributed by atoms with Crippen molar-refractivity contribution in [2.45, 2.75) is 6.61 Å². The highest BCUT2D eigenvalue weighted by molar-refractivity contribution is 5.94. The van der Waals surface area contributed by atoms with E-state index in [1.165, 1.54) is 0 Å². The number of hydrogen-bond donors (Lipinski definition) is 2. The number of ether oxygens (including phenoxy) is 2. The van der Waals surface area contributed by atoms with Gasteiger partial charge < -0.3 is 20.1 Å². The normalized spacial score (nSPS) is 10.1. The van der Waals surface area contributed by atoms with Crippen LogP contribution in [0, 0.1) is 0 Å². The third-order valence-electron chi connectivity index (χ3n) is 4.07. The molecule has 0 fully saturated rings. The Morgan fingerprint density at radius 2 is 1.62 bits per heavy atom. The van der Waals surface area contributed by atoms with Crippen molar-refractivity contribution in [1.82, 2.24) is 0 Å². The quantitative estimate of drug-likeness (QED) is 0.486. The first-order valence-electron chi connectivity index (χ1n) is 9.38. The van der Waals surface area contributed by atoms with E-state index in [1.54, 1.807) is 6.08 Å². The van der Waals surface area contributed by atoms with E-state index < -0.39 is 0 Å². The molecule has 3 aromatic carbocycles. The summed E-state index contributed by atoms with van der Waals surface area (Å²) in [7, 11) is 0. The summed E-state index contributed by atoms with van der Waals surface area (Å²) in [4.78, 5) is 12.2. The van der Waals surface area contributed by atoms with Crippen LogP contribution in [0.3, 0.4) is 0 Å². The van der Waals surface area contributed by atoms with Crippen molar-refractivity contribution in [2.24, 2.45) is 0 Å². The fourth-order valence-electron chi connectivity index (χ4n) is 2.64. The molecule has 0 aromatic heterocycles. The minimum atomic E-state index is -0.151. The Bertz CT molecular complexity index is 924. The molecule has 29 heavy (non-hydrogen) atoms. The van der Waals surface area contributed by atoms with E-state index in [2.05, 4.69) is 17.2 Å². The Hall–Kier alpha value is -3.73. The molecule has 148 valence electrons. The maximum atomic E-state index is 12.2. The van der Waals surface area contributed by atoms with E-state index in [1.807, 2.05) is 78.9 Å². The standard InChI is InChI=1S/C24H24N2O3/c1-2-16-28-23-11-7-6-10-22(23)25-17-24(27)26-20-12-14-21(15-13-20)29-18-19-8-4-3-5-9-19/h2-15,25H,1,16-18H2,(H,26,27). The van der Waals surface area contributed by atoms with Crippen LogP contribution in [0.25, 0.3) is 0 Å². The summed E-state index contributed by atoms with van der Waals surface area (Å²) >= 11 is 0. The van der Waals surface area contributed by atoms with Crippen LogP contribution >= 0.6 is 0 Å². The SMILES string of the molecule is C=CCOc1ccccc1NCC(=O)Nc1ccc(OCc2ccccc2)cc1. The number of anilines is 2. The molecule has 0 spiro atoms. The molecule has 3 rings (SSSR count). The van der Waals surface area contributed by atoms with Gasteiger partial charge in [-0.3, -0.25) is 4.79 Å². The average molecular weight is 388 g/mol. The first-order valence-corrected chi connectivity index (χ1v) is 9.38. The van der Waals surface area contributed by atoms with Crippen LogP contribution in [0.4, 0.5) is 11.4 Å². The summed E-state index contributed by atoms with van der Waals surface area (Å²) < 4.78 is 11.3. The topological polar surface area (TPSA) is 59.6 Å². The van der Waals surface area contributed by atoms with E-state index in [-0.39, 0.29) is 12.5 Å². The number of carbonyl (C=O) groups excluding carboxylic acids is 1. The van der Waals surface area contributed by atoms with Crippen molar-refractivity contribution in [1.29, 1.82) is 0 Å². The Morgan fingerprint density at radius 1 is 0.897 bits per heavy atom. The zero-order valence-electron chi connectivity index (χ0n) is 16.1. The van der Waals surface area contributed by atoms with Crippen molar-refractivity contribution >= 4 is 17.3 Å². The summed E-state index contributed by atoms with van der Waals surface area (Å²) in [5, 5.41) is 5.96. The summed E-state index contributed by atoms with van der Waals surface area (Å²) in [6.07, 6.45) is 1.68. The zero-order valence-corrected chi connectivity index (χ0v) is 16.1. The molecule has 0 aliphatic rings. The van der Waals surface area contributed by atoms with Gasteiger partial charge in [-0.1, -0.05) is 55.1 Å². The second-order valence-corrected chi connectivity index (χ2v) is 6.30. The number of benzene rings is 3. The first-order chi connectivity index (χ1) is 14.2. The third kappa shape index (κ3) is 6.43. The second-order valence-electron chi connectivity index (χ2n) is 6.30. The fraction of sp³-hybridized carbons (Fsp3) is 0.125. The smallest absolute Gasteiger partial charge is 0.243 e. The fourth-order valence-corrected chi connectivity index (χ4v) is 2.64. The number of hydrogen-bond acceptors (Lipinski definition) is 4.